The van der Waals surface area contributed by atoms with Gasteiger partial charge in [0.2, 0.25) is 0 Å². The zero-order valence-electron chi connectivity index (χ0n) is 12.2. The van der Waals surface area contributed by atoms with Crippen LogP contribution in [0.15, 0.2) is 24.3 Å². The van der Waals surface area contributed by atoms with Crippen molar-refractivity contribution in [2.75, 3.05) is 20.1 Å². The van der Waals surface area contributed by atoms with E-state index in [1.165, 1.54) is 43.4 Å². The molecule has 0 aromatic heterocycles. The fourth-order valence-electron chi connectivity index (χ4n) is 3.62. The second-order valence-corrected chi connectivity index (χ2v) is 6.28. The Morgan fingerprint density at radius 3 is 2.53 bits per heavy atom. The summed E-state index contributed by atoms with van der Waals surface area (Å²) in [5.41, 5.74) is 2.89. The Bertz CT molecular complexity index is 406. The molecule has 2 nitrogen and oxygen atoms in total. The summed E-state index contributed by atoms with van der Waals surface area (Å²) >= 11 is 0. The van der Waals surface area contributed by atoms with E-state index in [2.05, 4.69) is 48.5 Å². The van der Waals surface area contributed by atoms with Gasteiger partial charge in [0.1, 0.15) is 0 Å². The molecule has 1 heterocycles. The first kappa shape index (κ1) is 13.1. The Hall–Kier alpha value is -0.860. The molecule has 1 aromatic carbocycles. The Balaban J connectivity index is 1.87. The highest BCUT2D eigenvalue weighted by atomic mass is 15.2. The molecule has 0 bridgehead atoms. The fraction of sp³-hybridized carbons (Fsp3) is 0.647. The van der Waals surface area contributed by atoms with E-state index in [1.54, 1.807) is 0 Å². The number of piperidine rings is 1. The van der Waals surface area contributed by atoms with Gasteiger partial charge in [0.05, 0.1) is 0 Å². The number of nitrogens with one attached hydrogen (secondary N) is 1. The zero-order valence-corrected chi connectivity index (χ0v) is 12.2. The highest BCUT2D eigenvalue weighted by Crippen LogP contribution is 2.42. The molecule has 1 aliphatic carbocycles. The molecule has 1 saturated carbocycles. The lowest BCUT2D eigenvalue weighted by Crippen LogP contribution is -2.43. The summed E-state index contributed by atoms with van der Waals surface area (Å²) in [6.45, 7) is 4.61. The summed E-state index contributed by atoms with van der Waals surface area (Å²) in [5.74, 6) is 0.766. The minimum absolute atomic E-state index is 0.634. The van der Waals surface area contributed by atoms with Gasteiger partial charge in [-0.1, -0.05) is 29.8 Å². The Labute approximate surface area is 117 Å². The second kappa shape index (κ2) is 5.64. The molecule has 1 N–H and O–H groups in total. The molecule has 2 fully saturated rings. The van der Waals surface area contributed by atoms with Crippen LogP contribution in [0.2, 0.25) is 0 Å². The van der Waals surface area contributed by atoms with Gasteiger partial charge in [-0.2, -0.15) is 0 Å². The van der Waals surface area contributed by atoms with Gasteiger partial charge in [0.15, 0.2) is 0 Å². The number of likely N-dealkylation sites (tertiary alicyclic amines) is 1. The molecule has 2 heteroatoms. The SMILES string of the molecule is CNCC1CCCN(C2CC2)C1c1ccc(C)cc1. The van der Waals surface area contributed by atoms with Crippen LogP contribution in [0.3, 0.4) is 0 Å². The van der Waals surface area contributed by atoms with Crippen molar-refractivity contribution in [2.45, 2.75) is 44.7 Å². The molecule has 104 valence electrons. The maximum absolute atomic E-state index is 3.40. The van der Waals surface area contributed by atoms with Crippen molar-refractivity contribution in [3.8, 4) is 0 Å². The Morgan fingerprint density at radius 2 is 1.89 bits per heavy atom. The normalized spacial score (nSPS) is 28.5. The quantitative estimate of drug-likeness (QED) is 0.892. The van der Waals surface area contributed by atoms with Crippen LogP contribution in [0.5, 0.6) is 0 Å². The first-order chi connectivity index (χ1) is 9.29. The molecule has 2 aliphatic rings. The lowest BCUT2D eigenvalue weighted by Gasteiger charge is -2.42. The molecule has 2 unspecified atom stereocenters. The maximum Gasteiger partial charge on any atom is 0.0391 e. The van der Waals surface area contributed by atoms with E-state index in [-0.39, 0.29) is 0 Å². The summed E-state index contributed by atoms with van der Waals surface area (Å²) in [6, 6.07) is 10.7. The molecule has 19 heavy (non-hydrogen) atoms. The molecular formula is C17H26N2. The van der Waals surface area contributed by atoms with Crippen molar-refractivity contribution >= 4 is 0 Å². The number of hydrogen-bond acceptors (Lipinski definition) is 2. The average Bonchev–Trinajstić information content (AvgIpc) is 3.24. The van der Waals surface area contributed by atoms with Gasteiger partial charge in [0, 0.05) is 12.1 Å². The number of rotatable bonds is 4. The standard InChI is InChI=1S/C17H26N2/c1-13-5-7-14(8-6-13)17-15(12-18-2)4-3-11-19(17)16-9-10-16/h5-8,15-18H,3-4,9-12H2,1-2H3. The predicted molar refractivity (Wildman–Crippen MR) is 80.3 cm³/mol. The summed E-state index contributed by atoms with van der Waals surface area (Å²) in [7, 11) is 2.09. The minimum Gasteiger partial charge on any atom is -0.319 e. The highest BCUT2D eigenvalue weighted by molar-refractivity contribution is 5.26. The Kier molecular flexibility index (Phi) is 3.90. The van der Waals surface area contributed by atoms with Crippen molar-refractivity contribution < 1.29 is 0 Å². The number of aryl methyl sites for hydroxylation is 1. The third kappa shape index (κ3) is 2.85. The molecule has 1 saturated heterocycles. The van der Waals surface area contributed by atoms with E-state index in [1.807, 2.05) is 0 Å². The molecule has 3 rings (SSSR count). The fourth-order valence-corrected chi connectivity index (χ4v) is 3.62. The van der Waals surface area contributed by atoms with E-state index < -0.39 is 0 Å². The van der Waals surface area contributed by atoms with Crippen LogP contribution in [-0.4, -0.2) is 31.1 Å². The third-order valence-corrected chi connectivity index (χ3v) is 4.70. The molecule has 0 radical (unpaired) electrons. The van der Waals surface area contributed by atoms with Crippen molar-refractivity contribution in [1.29, 1.82) is 0 Å². The van der Waals surface area contributed by atoms with Crippen LogP contribution >= 0.6 is 0 Å². The van der Waals surface area contributed by atoms with Crippen molar-refractivity contribution in [1.82, 2.24) is 10.2 Å². The van der Waals surface area contributed by atoms with Crippen LogP contribution in [0.25, 0.3) is 0 Å². The van der Waals surface area contributed by atoms with Crippen molar-refractivity contribution in [2.24, 2.45) is 5.92 Å². The van der Waals surface area contributed by atoms with Gasteiger partial charge in [-0.3, -0.25) is 4.90 Å². The van der Waals surface area contributed by atoms with Gasteiger partial charge in [-0.25, -0.2) is 0 Å². The van der Waals surface area contributed by atoms with Crippen LogP contribution in [0.1, 0.15) is 42.9 Å². The minimum atomic E-state index is 0.634. The first-order valence-corrected chi connectivity index (χ1v) is 7.76. The van der Waals surface area contributed by atoms with Crippen molar-refractivity contribution in [3.05, 3.63) is 35.4 Å². The second-order valence-electron chi connectivity index (χ2n) is 6.28. The molecular weight excluding hydrogens is 232 g/mol. The smallest absolute Gasteiger partial charge is 0.0391 e. The van der Waals surface area contributed by atoms with E-state index in [0.29, 0.717) is 6.04 Å². The summed E-state index contributed by atoms with van der Waals surface area (Å²) in [5, 5.41) is 3.40. The van der Waals surface area contributed by atoms with Gasteiger partial charge < -0.3 is 5.32 Å². The number of benzene rings is 1. The molecule has 2 atom stereocenters. The lowest BCUT2D eigenvalue weighted by molar-refractivity contribution is 0.0845. The number of nitrogens with zero attached hydrogens (tertiary/aromatic N) is 1. The van der Waals surface area contributed by atoms with Crippen LogP contribution < -0.4 is 5.32 Å². The summed E-state index contributed by atoms with van der Waals surface area (Å²) in [4.78, 5) is 2.79. The van der Waals surface area contributed by atoms with Crippen molar-refractivity contribution in [3.63, 3.8) is 0 Å². The van der Waals surface area contributed by atoms with Crippen LogP contribution in [-0.2, 0) is 0 Å². The van der Waals surface area contributed by atoms with Gasteiger partial charge >= 0.3 is 0 Å². The van der Waals surface area contributed by atoms with Gasteiger partial charge in [0.25, 0.3) is 0 Å². The monoisotopic (exact) mass is 258 g/mol. The van der Waals surface area contributed by atoms with Crippen LogP contribution in [0, 0.1) is 12.8 Å². The lowest BCUT2D eigenvalue weighted by atomic mass is 9.84. The number of hydrogen-bond donors (Lipinski definition) is 1. The molecule has 0 amide bonds. The van der Waals surface area contributed by atoms with E-state index in [0.717, 1.165) is 18.5 Å². The first-order valence-electron chi connectivity index (χ1n) is 7.76. The topological polar surface area (TPSA) is 15.3 Å². The summed E-state index contributed by atoms with van der Waals surface area (Å²) < 4.78 is 0. The molecule has 1 aliphatic heterocycles. The Morgan fingerprint density at radius 1 is 1.16 bits per heavy atom. The van der Waals surface area contributed by atoms with Gasteiger partial charge in [-0.05, 0) is 64.2 Å². The van der Waals surface area contributed by atoms with Gasteiger partial charge in [-0.15, -0.1) is 0 Å². The molecule has 0 spiro atoms. The largest absolute Gasteiger partial charge is 0.319 e. The zero-order chi connectivity index (χ0) is 13.2. The van der Waals surface area contributed by atoms with E-state index in [4.69, 9.17) is 0 Å². The molecule has 1 aromatic rings. The van der Waals surface area contributed by atoms with E-state index in [9.17, 15) is 0 Å². The summed E-state index contributed by atoms with van der Waals surface area (Å²) in [6.07, 6.45) is 5.55. The van der Waals surface area contributed by atoms with Crippen LogP contribution in [0.4, 0.5) is 0 Å². The average molecular weight is 258 g/mol. The maximum atomic E-state index is 3.40. The highest BCUT2D eigenvalue weighted by Gasteiger charge is 2.40. The van der Waals surface area contributed by atoms with E-state index >= 15 is 0 Å². The predicted octanol–water partition coefficient (Wildman–Crippen LogP) is 3.13. The third-order valence-electron chi connectivity index (χ3n) is 4.70.